The van der Waals surface area contributed by atoms with Crippen LogP contribution in [0.25, 0.3) is 89.3 Å². The Morgan fingerprint density at radius 1 is 0.362 bits per heavy atom. The van der Waals surface area contributed by atoms with E-state index in [9.17, 15) is 0 Å². The molecule has 47 heavy (non-hydrogen) atoms. The van der Waals surface area contributed by atoms with E-state index in [1.807, 2.05) is 48.5 Å². The van der Waals surface area contributed by atoms with Crippen molar-refractivity contribution in [1.29, 1.82) is 0 Å². The van der Waals surface area contributed by atoms with Gasteiger partial charge in [-0.2, -0.15) is 0 Å². The van der Waals surface area contributed by atoms with E-state index in [0.29, 0.717) is 23.2 Å². The first-order valence-corrected chi connectivity index (χ1v) is 15.6. The van der Waals surface area contributed by atoms with Gasteiger partial charge in [0.05, 0.1) is 0 Å². The van der Waals surface area contributed by atoms with E-state index in [1.54, 1.807) is 6.20 Å². The summed E-state index contributed by atoms with van der Waals surface area (Å²) in [5.74, 6) is 1.86. The molecule has 0 aliphatic rings. The summed E-state index contributed by atoms with van der Waals surface area (Å²) in [5, 5.41) is 4.13. The number of aromatic nitrogens is 4. The van der Waals surface area contributed by atoms with Gasteiger partial charge in [-0.15, -0.1) is 0 Å². The molecule has 0 aliphatic carbocycles. The van der Waals surface area contributed by atoms with Crippen molar-refractivity contribution in [3.8, 4) is 56.4 Å². The monoisotopic (exact) mass is 602 g/mol. The van der Waals surface area contributed by atoms with Crippen molar-refractivity contribution in [2.45, 2.75) is 0 Å². The molecule has 6 aromatic carbocycles. The van der Waals surface area contributed by atoms with E-state index in [-0.39, 0.29) is 0 Å². The minimum absolute atomic E-state index is 0.616. The van der Waals surface area contributed by atoms with Crippen molar-refractivity contribution in [3.63, 3.8) is 0 Å². The Balaban J connectivity index is 1.15. The van der Waals surface area contributed by atoms with Crippen LogP contribution in [0.4, 0.5) is 0 Å². The smallest absolute Gasteiger partial charge is 0.227 e. The summed E-state index contributed by atoms with van der Waals surface area (Å²) in [6.07, 6.45) is 1.75. The van der Waals surface area contributed by atoms with Gasteiger partial charge in [0.15, 0.2) is 17.5 Å². The molecule has 9 rings (SSSR count). The van der Waals surface area contributed by atoms with Crippen LogP contribution in [0.2, 0.25) is 0 Å². The molecule has 220 valence electrons. The van der Waals surface area contributed by atoms with Gasteiger partial charge in [-0.3, -0.25) is 0 Å². The maximum Gasteiger partial charge on any atom is 0.227 e. The molecule has 0 atom stereocenters. The van der Waals surface area contributed by atoms with Crippen LogP contribution in [0.15, 0.2) is 162 Å². The largest absolute Gasteiger partial charge is 0.438 e. The molecule has 0 bridgehead atoms. The van der Waals surface area contributed by atoms with Crippen LogP contribution >= 0.6 is 0 Å². The number of hydrogen-bond donors (Lipinski definition) is 0. The summed E-state index contributed by atoms with van der Waals surface area (Å²) in [5.41, 5.74) is 8.91. The lowest BCUT2D eigenvalue weighted by Gasteiger charge is -2.11. The highest BCUT2D eigenvalue weighted by Crippen LogP contribution is 2.38. The fourth-order valence-electron chi connectivity index (χ4n) is 6.30. The molecule has 5 nitrogen and oxygen atoms in total. The molecular formula is C42H26N4O. The second kappa shape index (κ2) is 11.2. The first-order valence-electron chi connectivity index (χ1n) is 15.6. The van der Waals surface area contributed by atoms with E-state index in [1.165, 1.54) is 11.1 Å². The number of hydrogen-bond acceptors (Lipinski definition) is 5. The maximum absolute atomic E-state index is 6.08. The van der Waals surface area contributed by atoms with Gasteiger partial charge in [-0.05, 0) is 57.3 Å². The van der Waals surface area contributed by atoms with Gasteiger partial charge in [0.2, 0.25) is 5.71 Å². The molecule has 0 saturated carbocycles. The van der Waals surface area contributed by atoms with Crippen LogP contribution in [0.3, 0.4) is 0 Å². The van der Waals surface area contributed by atoms with E-state index < -0.39 is 0 Å². The molecule has 0 saturated heterocycles. The fourth-order valence-corrected chi connectivity index (χ4v) is 6.30. The number of benzene rings is 6. The predicted molar refractivity (Wildman–Crippen MR) is 190 cm³/mol. The third kappa shape index (κ3) is 4.82. The van der Waals surface area contributed by atoms with Crippen molar-refractivity contribution < 1.29 is 4.42 Å². The molecule has 5 heteroatoms. The van der Waals surface area contributed by atoms with Crippen LogP contribution in [-0.2, 0) is 0 Å². The van der Waals surface area contributed by atoms with Crippen molar-refractivity contribution >= 4 is 32.8 Å². The van der Waals surface area contributed by atoms with Gasteiger partial charge in [0.1, 0.15) is 5.58 Å². The average molecular weight is 603 g/mol. The first kappa shape index (κ1) is 26.9. The Morgan fingerprint density at radius 3 is 1.55 bits per heavy atom. The van der Waals surface area contributed by atoms with E-state index >= 15 is 0 Å². The summed E-state index contributed by atoms with van der Waals surface area (Å²) < 4.78 is 6.08. The molecule has 3 heterocycles. The summed E-state index contributed by atoms with van der Waals surface area (Å²) >= 11 is 0. The van der Waals surface area contributed by atoms with E-state index in [0.717, 1.165) is 54.9 Å². The zero-order chi connectivity index (χ0) is 31.2. The molecule has 0 amide bonds. The maximum atomic E-state index is 6.08. The van der Waals surface area contributed by atoms with Crippen LogP contribution in [-0.4, -0.2) is 19.9 Å². The highest BCUT2D eigenvalue weighted by molar-refractivity contribution is 6.20. The second-order valence-electron chi connectivity index (χ2n) is 11.5. The Morgan fingerprint density at radius 2 is 0.894 bits per heavy atom. The topological polar surface area (TPSA) is 64.7 Å². The SMILES string of the molecule is c1ccc(-c2ccc(-c3ccc(-c4nc(-c5ccccc5)nc(-c5cccc6c5ccc5oc7ncccc7c56)n4)cc3)cc2)cc1. The number of rotatable bonds is 5. The minimum atomic E-state index is 0.616. The Hall–Kier alpha value is -6.46. The van der Waals surface area contributed by atoms with Crippen molar-refractivity contribution in [2.24, 2.45) is 0 Å². The van der Waals surface area contributed by atoms with Crippen molar-refractivity contribution in [3.05, 3.63) is 158 Å². The molecule has 0 N–H and O–H groups in total. The zero-order valence-corrected chi connectivity index (χ0v) is 25.2. The lowest BCUT2D eigenvalue weighted by atomic mass is 9.99. The summed E-state index contributed by atoms with van der Waals surface area (Å²) in [7, 11) is 0. The quantitative estimate of drug-likeness (QED) is 0.196. The van der Waals surface area contributed by atoms with Crippen LogP contribution < -0.4 is 0 Å². The normalized spacial score (nSPS) is 11.4. The van der Waals surface area contributed by atoms with Crippen LogP contribution in [0.5, 0.6) is 0 Å². The van der Waals surface area contributed by atoms with E-state index in [4.69, 9.17) is 19.4 Å². The molecule has 0 unspecified atom stereocenters. The van der Waals surface area contributed by atoms with Gasteiger partial charge in [-0.25, -0.2) is 19.9 Å². The average Bonchev–Trinajstić information content (AvgIpc) is 3.55. The van der Waals surface area contributed by atoms with Gasteiger partial charge < -0.3 is 4.42 Å². The molecule has 9 aromatic rings. The van der Waals surface area contributed by atoms with Crippen LogP contribution in [0.1, 0.15) is 0 Å². The first-order chi connectivity index (χ1) is 23.3. The van der Waals surface area contributed by atoms with Gasteiger partial charge in [0, 0.05) is 33.7 Å². The number of furan rings is 1. The highest BCUT2D eigenvalue weighted by Gasteiger charge is 2.17. The molecule has 0 fully saturated rings. The third-order valence-electron chi connectivity index (χ3n) is 8.65. The highest BCUT2D eigenvalue weighted by atomic mass is 16.3. The molecule has 0 radical (unpaired) electrons. The van der Waals surface area contributed by atoms with Gasteiger partial charge in [-0.1, -0.05) is 127 Å². The fraction of sp³-hybridized carbons (Fsp3) is 0. The molecule has 0 spiro atoms. The Kier molecular flexibility index (Phi) is 6.39. The van der Waals surface area contributed by atoms with Gasteiger partial charge >= 0.3 is 0 Å². The second-order valence-corrected chi connectivity index (χ2v) is 11.5. The number of fused-ring (bicyclic) bond motifs is 5. The predicted octanol–water partition coefficient (Wildman–Crippen LogP) is 10.7. The third-order valence-corrected chi connectivity index (χ3v) is 8.65. The molecule has 0 aliphatic heterocycles. The summed E-state index contributed by atoms with van der Waals surface area (Å²) in [6.45, 7) is 0. The lowest BCUT2D eigenvalue weighted by molar-refractivity contribution is 0.654. The summed E-state index contributed by atoms with van der Waals surface area (Å²) in [6, 6.07) is 51.9. The zero-order valence-electron chi connectivity index (χ0n) is 25.2. The Bertz CT molecular complexity index is 2540. The molecule has 3 aromatic heterocycles. The van der Waals surface area contributed by atoms with E-state index in [2.05, 4.69) is 108 Å². The van der Waals surface area contributed by atoms with Gasteiger partial charge in [0.25, 0.3) is 0 Å². The standard InChI is InChI=1S/C42H26N4O/c1-3-9-27(10-4-1)28-16-18-29(19-17-28)30-20-22-32(23-21-30)40-44-39(31-11-5-2-6-12-31)45-41(46-40)35-14-7-13-34-33(35)24-25-37-38(34)36-15-8-26-43-42(36)47-37/h1-26H. The summed E-state index contributed by atoms with van der Waals surface area (Å²) in [4.78, 5) is 19.5. The molecular weight excluding hydrogens is 576 g/mol. The number of pyridine rings is 1. The van der Waals surface area contributed by atoms with Crippen molar-refractivity contribution in [2.75, 3.05) is 0 Å². The Labute approximate surface area is 270 Å². The number of nitrogens with zero attached hydrogens (tertiary/aromatic N) is 4. The lowest BCUT2D eigenvalue weighted by Crippen LogP contribution is -2.00. The van der Waals surface area contributed by atoms with Crippen molar-refractivity contribution in [1.82, 2.24) is 19.9 Å². The minimum Gasteiger partial charge on any atom is -0.438 e. The van der Waals surface area contributed by atoms with Crippen LogP contribution in [0, 0.1) is 0 Å².